The molecule has 3 aromatic rings. The molecule has 194 valence electrons. The van der Waals surface area contributed by atoms with Crippen molar-refractivity contribution in [1.29, 1.82) is 0 Å². The van der Waals surface area contributed by atoms with Crippen LogP contribution in [0.2, 0.25) is 0 Å². The molecule has 6 heteroatoms. The quantitative estimate of drug-likeness (QED) is 0.340. The zero-order valence-electron chi connectivity index (χ0n) is 21.9. The summed E-state index contributed by atoms with van der Waals surface area (Å²) >= 11 is 0. The molecule has 5 rings (SSSR count). The Balaban J connectivity index is 1.39. The molecular formula is C31H39N5O. The minimum absolute atomic E-state index is 0.555. The molecule has 3 N–H and O–H groups in total. The first-order chi connectivity index (χ1) is 18.2. The third kappa shape index (κ3) is 6.32. The van der Waals surface area contributed by atoms with Crippen LogP contribution in [0.4, 0.5) is 5.69 Å². The number of aliphatic imine (C=N–C) groups is 1. The molecule has 37 heavy (non-hydrogen) atoms. The molecule has 2 aliphatic heterocycles. The van der Waals surface area contributed by atoms with Gasteiger partial charge in [-0.1, -0.05) is 60.7 Å². The first-order valence-electron chi connectivity index (χ1n) is 13.6. The van der Waals surface area contributed by atoms with Crippen molar-refractivity contribution in [3.63, 3.8) is 0 Å². The van der Waals surface area contributed by atoms with E-state index in [-0.39, 0.29) is 0 Å². The topological polar surface area (TPSA) is 66.1 Å². The maximum absolute atomic E-state index is 5.78. The molecule has 0 saturated carbocycles. The molecule has 0 aliphatic carbocycles. The van der Waals surface area contributed by atoms with E-state index in [1.807, 2.05) is 12.1 Å². The van der Waals surface area contributed by atoms with Gasteiger partial charge in [-0.3, -0.25) is 0 Å². The number of likely N-dealkylation sites (tertiary alicyclic amines) is 2. The Morgan fingerprint density at radius 1 is 0.892 bits per heavy atom. The van der Waals surface area contributed by atoms with Gasteiger partial charge in [0.1, 0.15) is 5.75 Å². The van der Waals surface area contributed by atoms with Crippen LogP contribution in [0.25, 0.3) is 11.1 Å². The highest BCUT2D eigenvalue weighted by molar-refractivity contribution is 5.96. The molecule has 0 unspecified atom stereocenters. The van der Waals surface area contributed by atoms with Gasteiger partial charge in [0.15, 0.2) is 5.96 Å². The Kier molecular flexibility index (Phi) is 8.39. The number of piperidine rings is 1. The maximum Gasteiger partial charge on any atom is 0.198 e. The predicted molar refractivity (Wildman–Crippen MR) is 153 cm³/mol. The van der Waals surface area contributed by atoms with Crippen molar-refractivity contribution >= 4 is 11.6 Å². The number of guanidine groups is 1. The fourth-order valence-electron chi connectivity index (χ4n) is 5.45. The van der Waals surface area contributed by atoms with E-state index in [1.165, 1.54) is 49.9 Å². The van der Waals surface area contributed by atoms with Crippen molar-refractivity contribution in [1.82, 2.24) is 9.80 Å². The summed E-state index contributed by atoms with van der Waals surface area (Å²) in [7, 11) is 1.72. The fourth-order valence-corrected chi connectivity index (χ4v) is 5.45. The van der Waals surface area contributed by atoms with Gasteiger partial charge in [0.2, 0.25) is 0 Å². The number of nitrogens with zero attached hydrogens (tertiary/aromatic N) is 3. The number of anilines is 1. The molecule has 0 atom stereocenters. The second-order valence-electron chi connectivity index (χ2n) is 10.0. The zero-order valence-corrected chi connectivity index (χ0v) is 21.9. The smallest absolute Gasteiger partial charge is 0.198 e. The first-order valence-corrected chi connectivity index (χ1v) is 13.6. The normalized spacial score (nSPS) is 17.2. The molecule has 0 aromatic heterocycles. The number of benzene rings is 3. The first kappa shape index (κ1) is 25.3. The summed E-state index contributed by atoms with van der Waals surface area (Å²) < 4.78 is 5.74. The highest BCUT2D eigenvalue weighted by Gasteiger charge is 2.28. The summed E-state index contributed by atoms with van der Waals surface area (Å²) in [4.78, 5) is 10.2. The molecule has 2 saturated heterocycles. The molecule has 2 fully saturated rings. The van der Waals surface area contributed by atoms with Crippen LogP contribution in [0, 0.1) is 0 Å². The second-order valence-corrected chi connectivity index (χ2v) is 10.0. The van der Waals surface area contributed by atoms with E-state index in [0.29, 0.717) is 19.1 Å². The van der Waals surface area contributed by atoms with Crippen LogP contribution in [0.5, 0.6) is 5.75 Å². The number of hydrogen-bond donors (Lipinski definition) is 2. The number of hydrogen-bond acceptors (Lipinski definition) is 4. The molecule has 2 heterocycles. The van der Waals surface area contributed by atoms with Crippen LogP contribution in [-0.4, -0.2) is 55.1 Å². The lowest BCUT2D eigenvalue weighted by atomic mass is 10.0. The highest BCUT2D eigenvalue weighted by atomic mass is 16.5. The number of ether oxygens (including phenoxy) is 1. The van der Waals surface area contributed by atoms with Gasteiger partial charge in [-0.05, 0) is 73.2 Å². The molecular weight excluding hydrogens is 458 g/mol. The van der Waals surface area contributed by atoms with E-state index in [1.54, 1.807) is 7.11 Å². The molecule has 6 nitrogen and oxygen atoms in total. The van der Waals surface area contributed by atoms with E-state index in [2.05, 4.69) is 75.8 Å². The van der Waals surface area contributed by atoms with Gasteiger partial charge in [0.25, 0.3) is 0 Å². The lowest BCUT2D eigenvalue weighted by Gasteiger charge is -2.38. The lowest BCUT2D eigenvalue weighted by Crippen LogP contribution is -2.47. The molecule has 0 spiro atoms. The number of nitrogens with one attached hydrogen (secondary N) is 1. The molecule has 3 aromatic carbocycles. The number of nitrogens with two attached hydrogens (primary N) is 1. The number of rotatable bonds is 7. The van der Waals surface area contributed by atoms with E-state index < -0.39 is 0 Å². The van der Waals surface area contributed by atoms with E-state index in [0.717, 1.165) is 41.6 Å². The van der Waals surface area contributed by atoms with Crippen LogP contribution >= 0.6 is 0 Å². The van der Waals surface area contributed by atoms with Crippen molar-refractivity contribution in [2.24, 2.45) is 10.7 Å². The summed E-state index contributed by atoms with van der Waals surface area (Å²) in [5.41, 5.74) is 11.4. The third-order valence-corrected chi connectivity index (χ3v) is 7.64. The molecule has 2 aliphatic rings. The van der Waals surface area contributed by atoms with Gasteiger partial charge in [0.05, 0.1) is 19.3 Å². The molecule has 0 radical (unpaired) electrons. The van der Waals surface area contributed by atoms with Gasteiger partial charge < -0.3 is 25.6 Å². The Labute approximate surface area is 221 Å². The summed E-state index contributed by atoms with van der Waals surface area (Å²) in [6.07, 6.45) is 5.03. The molecule has 0 bridgehead atoms. The SMILES string of the molecule is COc1ccc(-c2ccccc2)cc1NC(=NCc1ccc(CN)cc1)N1CCC(N2CCCC2)CC1. The van der Waals surface area contributed by atoms with Crippen LogP contribution < -0.4 is 15.8 Å². The summed E-state index contributed by atoms with van der Waals surface area (Å²) in [6.45, 7) is 5.68. The Morgan fingerprint density at radius 2 is 1.59 bits per heavy atom. The summed E-state index contributed by atoms with van der Waals surface area (Å²) in [5.74, 6) is 1.72. The minimum Gasteiger partial charge on any atom is -0.495 e. The number of methoxy groups -OCH3 is 1. The van der Waals surface area contributed by atoms with Crippen molar-refractivity contribution in [2.45, 2.75) is 44.8 Å². The van der Waals surface area contributed by atoms with Gasteiger partial charge in [0, 0.05) is 25.7 Å². The van der Waals surface area contributed by atoms with Crippen molar-refractivity contribution in [3.8, 4) is 16.9 Å². The van der Waals surface area contributed by atoms with Crippen LogP contribution in [0.15, 0.2) is 77.8 Å². The Morgan fingerprint density at radius 3 is 2.27 bits per heavy atom. The van der Waals surface area contributed by atoms with E-state index in [9.17, 15) is 0 Å². The fraction of sp³-hybridized carbons (Fsp3) is 0.387. The van der Waals surface area contributed by atoms with Crippen LogP contribution in [-0.2, 0) is 13.1 Å². The van der Waals surface area contributed by atoms with Gasteiger partial charge >= 0.3 is 0 Å². The highest BCUT2D eigenvalue weighted by Crippen LogP contribution is 2.31. The van der Waals surface area contributed by atoms with Crippen molar-refractivity contribution in [3.05, 3.63) is 83.9 Å². The largest absolute Gasteiger partial charge is 0.495 e. The molecule has 0 amide bonds. The van der Waals surface area contributed by atoms with Gasteiger partial charge in [-0.2, -0.15) is 0 Å². The Hall–Kier alpha value is -3.35. The minimum atomic E-state index is 0.555. The Bertz CT molecular complexity index is 1160. The summed E-state index contributed by atoms with van der Waals surface area (Å²) in [5, 5.41) is 3.67. The van der Waals surface area contributed by atoms with Crippen molar-refractivity contribution in [2.75, 3.05) is 38.6 Å². The standard InChI is InChI=1S/C31H39N5O/c1-37-30-14-13-27(26-7-3-2-4-8-26)21-29(30)34-31(33-23-25-11-9-24(22-32)10-12-25)36-19-15-28(16-20-36)35-17-5-6-18-35/h2-4,7-14,21,28H,5-6,15-20,22-23,32H2,1H3,(H,33,34). The predicted octanol–water partition coefficient (Wildman–Crippen LogP) is 5.35. The van der Waals surface area contributed by atoms with Gasteiger partial charge in [-0.15, -0.1) is 0 Å². The average molecular weight is 498 g/mol. The average Bonchev–Trinajstić information content (AvgIpc) is 3.51. The maximum atomic E-state index is 5.78. The van der Waals surface area contributed by atoms with Crippen LogP contribution in [0.3, 0.4) is 0 Å². The zero-order chi connectivity index (χ0) is 25.5. The summed E-state index contributed by atoms with van der Waals surface area (Å²) in [6, 6.07) is 25.9. The lowest BCUT2D eigenvalue weighted by molar-refractivity contribution is 0.163. The van der Waals surface area contributed by atoms with Crippen molar-refractivity contribution < 1.29 is 4.74 Å². The van der Waals surface area contributed by atoms with Gasteiger partial charge in [-0.25, -0.2) is 4.99 Å². The second kappa shape index (κ2) is 12.3. The third-order valence-electron chi connectivity index (χ3n) is 7.64. The van der Waals surface area contributed by atoms with E-state index >= 15 is 0 Å². The monoisotopic (exact) mass is 497 g/mol. The van der Waals surface area contributed by atoms with E-state index in [4.69, 9.17) is 15.5 Å². The van der Waals surface area contributed by atoms with Crippen LogP contribution in [0.1, 0.15) is 36.8 Å².